The third kappa shape index (κ3) is 12.1. The van der Waals surface area contributed by atoms with E-state index in [4.69, 9.17) is 14.2 Å². The number of rotatable bonds is 12. The van der Waals surface area contributed by atoms with Gasteiger partial charge in [-0.1, -0.05) is 19.9 Å². The molecule has 0 aromatic heterocycles. The van der Waals surface area contributed by atoms with Gasteiger partial charge in [-0.2, -0.15) is 0 Å². The molecule has 6 heteroatoms. The Kier molecular flexibility index (Phi) is 11.5. The highest BCUT2D eigenvalue weighted by Crippen LogP contribution is 1.98. The van der Waals surface area contributed by atoms with E-state index in [1.54, 1.807) is 6.92 Å². The normalized spacial score (nSPS) is 12.0. The maximum absolute atomic E-state index is 11.4. The van der Waals surface area contributed by atoms with Crippen LogP contribution in [0.25, 0.3) is 0 Å². The van der Waals surface area contributed by atoms with Crippen LogP contribution in [0.2, 0.25) is 0 Å². The van der Waals surface area contributed by atoms with E-state index in [9.17, 15) is 9.59 Å². The highest BCUT2D eigenvalue weighted by molar-refractivity contribution is 5.81. The minimum atomic E-state index is -0.713. The van der Waals surface area contributed by atoms with Crippen LogP contribution in [0.15, 0.2) is 12.7 Å². The molecule has 0 bridgehead atoms. The number of nitrogens with one attached hydrogen (secondary N) is 1. The summed E-state index contributed by atoms with van der Waals surface area (Å²) in [6.07, 6.45) is 1.82. The molecule has 122 valence electrons. The van der Waals surface area contributed by atoms with E-state index < -0.39 is 12.1 Å². The Morgan fingerprint density at radius 2 is 1.95 bits per heavy atom. The number of ether oxygens (including phenoxy) is 3. The molecule has 1 amide bonds. The maximum atomic E-state index is 11.4. The molecule has 0 aromatic rings. The summed E-state index contributed by atoms with van der Waals surface area (Å²) < 4.78 is 15.3. The Labute approximate surface area is 126 Å². The molecule has 1 unspecified atom stereocenters. The van der Waals surface area contributed by atoms with Crippen LogP contribution >= 0.6 is 0 Å². The van der Waals surface area contributed by atoms with Gasteiger partial charge in [0.15, 0.2) is 12.7 Å². The first-order valence-electron chi connectivity index (χ1n) is 7.21. The van der Waals surface area contributed by atoms with Crippen molar-refractivity contribution in [2.45, 2.75) is 33.3 Å². The zero-order chi connectivity index (χ0) is 16.1. The van der Waals surface area contributed by atoms with Gasteiger partial charge in [0.2, 0.25) is 0 Å². The summed E-state index contributed by atoms with van der Waals surface area (Å²) >= 11 is 0. The first-order chi connectivity index (χ1) is 9.97. The van der Waals surface area contributed by atoms with Crippen LogP contribution in [0.3, 0.4) is 0 Å². The van der Waals surface area contributed by atoms with E-state index in [-0.39, 0.29) is 19.1 Å². The summed E-state index contributed by atoms with van der Waals surface area (Å²) in [5, 5.41) is 2.61. The van der Waals surface area contributed by atoms with Crippen molar-refractivity contribution in [1.82, 2.24) is 5.32 Å². The lowest BCUT2D eigenvalue weighted by molar-refractivity contribution is -0.158. The molecule has 0 aliphatic rings. The Balaban J connectivity index is 3.57. The lowest BCUT2D eigenvalue weighted by atomic mass is 10.1. The smallest absolute Gasteiger partial charge is 0.335 e. The largest absolute Gasteiger partial charge is 0.454 e. The van der Waals surface area contributed by atoms with E-state index >= 15 is 0 Å². The van der Waals surface area contributed by atoms with Gasteiger partial charge in [0, 0.05) is 13.2 Å². The number of carbonyl (C=O) groups is 2. The zero-order valence-electron chi connectivity index (χ0n) is 13.2. The van der Waals surface area contributed by atoms with Crippen molar-refractivity contribution in [2.24, 2.45) is 5.92 Å². The first-order valence-corrected chi connectivity index (χ1v) is 7.21. The third-order valence-electron chi connectivity index (χ3n) is 2.55. The highest BCUT2D eigenvalue weighted by Gasteiger charge is 2.15. The van der Waals surface area contributed by atoms with Gasteiger partial charge in [-0.25, -0.2) is 4.79 Å². The topological polar surface area (TPSA) is 73.9 Å². The van der Waals surface area contributed by atoms with Crippen LogP contribution in [0.1, 0.15) is 27.2 Å². The van der Waals surface area contributed by atoms with E-state index in [0.29, 0.717) is 25.7 Å². The Morgan fingerprint density at radius 1 is 1.24 bits per heavy atom. The fourth-order valence-corrected chi connectivity index (χ4v) is 1.27. The highest BCUT2D eigenvalue weighted by atomic mass is 16.6. The van der Waals surface area contributed by atoms with E-state index in [2.05, 4.69) is 25.7 Å². The number of carbonyl (C=O) groups excluding carboxylic acids is 2. The predicted octanol–water partition coefficient (Wildman–Crippen LogP) is 1.30. The fourth-order valence-electron chi connectivity index (χ4n) is 1.27. The van der Waals surface area contributed by atoms with Crippen molar-refractivity contribution >= 4 is 11.9 Å². The summed E-state index contributed by atoms with van der Waals surface area (Å²) in [6.45, 7) is 10.8. The molecule has 0 aromatic carbocycles. The Hall–Kier alpha value is -1.40. The van der Waals surface area contributed by atoms with Gasteiger partial charge in [0.25, 0.3) is 5.91 Å². The maximum Gasteiger partial charge on any atom is 0.335 e. The lowest BCUT2D eigenvalue weighted by Gasteiger charge is -2.11. The molecular weight excluding hydrogens is 274 g/mol. The van der Waals surface area contributed by atoms with Crippen molar-refractivity contribution < 1.29 is 23.8 Å². The van der Waals surface area contributed by atoms with E-state index in [1.165, 1.54) is 6.08 Å². The van der Waals surface area contributed by atoms with Crippen LogP contribution < -0.4 is 5.32 Å². The van der Waals surface area contributed by atoms with Crippen molar-refractivity contribution in [1.29, 1.82) is 0 Å². The van der Waals surface area contributed by atoms with Gasteiger partial charge >= 0.3 is 5.97 Å². The average Bonchev–Trinajstić information content (AvgIpc) is 2.45. The number of amides is 1. The van der Waals surface area contributed by atoms with Crippen LogP contribution in [-0.4, -0.2) is 51.0 Å². The van der Waals surface area contributed by atoms with Gasteiger partial charge in [-0.05, 0) is 19.3 Å². The molecule has 0 aliphatic heterocycles. The quantitative estimate of drug-likeness (QED) is 0.334. The van der Waals surface area contributed by atoms with Gasteiger partial charge in [0.1, 0.15) is 0 Å². The summed E-state index contributed by atoms with van der Waals surface area (Å²) in [7, 11) is 0. The second-order valence-corrected chi connectivity index (χ2v) is 5.02. The summed E-state index contributed by atoms with van der Waals surface area (Å²) in [4.78, 5) is 22.9. The molecule has 0 spiro atoms. The number of hydrogen-bond donors (Lipinski definition) is 1. The summed E-state index contributed by atoms with van der Waals surface area (Å²) in [5.41, 5.74) is 0. The fraction of sp³-hybridized carbons (Fsp3) is 0.733. The minimum Gasteiger partial charge on any atom is -0.454 e. The molecule has 6 nitrogen and oxygen atoms in total. The standard InChI is InChI=1S/C15H27NO5/c1-5-8-20-13(4)15(18)21-11-14(17)16-7-10-19-9-6-12(2)3/h5,12-13H,1,6-11H2,2-4H3,(H,16,17). The van der Waals surface area contributed by atoms with Crippen LogP contribution in [0, 0.1) is 5.92 Å². The van der Waals surface area contributed by atoms with Crippen molar-refractivity contribution in [3.8, 4) is 0 Å². The van der Waals surface area contributed by atoms with Gasteiger partial charge in [-0.15, -0.1) is 6.58 Å². The molecule has 21 heavy (non-hydrogen) atoms. The molecule has 0 aliphatic carbocycles. The van der Waals surface area contributed by atoms with Crippen LogP contribution in [0.4, 0.5) is 0 Å². The Morgan fingerprint density at radius 3 is 2.57 bits per heavy atom. The molecule has 0 saturated heterocycles. The van der Waals surface area contributed by atoms with Crippen molar-refractivity contribution in [2.75, 3.05) is 33.0 Å². The van der Waals surface area contributed by atoms with Crippen LogP contribution in [0.5, 0.6) is 0 Å². The summed E-state index contributed by atoms with van der Waals surface area (Å²) in [5.74, 6) is -0.323. The predicted molar refractivity (Wildman–Crippen MR) is 79.9 cm³/mol. The third-order valence-corrected chi connectivity index (χ3v) is 2.55. The first kappa shape index (κ1) is 19.6. The number of esters is 1. The Bertz CT molecular complexity index is 317. The molecule has 1 N–H and O–H groups in total. The molecule has 0 saturated carbocycles. The van der Waals surface area contributed by atoms with E-state index in [1.807, 2.05) is 0 Å². The molecule has 0 radical (unpaired) electrons. The van der Waals surface area contributed by atoms with Crippen LogP contribution in [-0.2, 0) is 23.8 Å². The van der Waals surface area contributed by atoms with Crippen molar-refractivity contribution in [3.05, 3.63) is 12.7 Å². The molecule has 1 atom stereocenters. The summed E-state index contributed by atoms with van der Waals surface area (Å²) in [6, 6.07) is 0. The van der Waals surface area contributed by atoms with Gasteiger partial charge in [-0.3, -0.25) is 4.79 Å². The van der Waals surface area contributed by atoms with Gasteiger partial charge in [0.05, 0.1) is 13.2 Å². The average molecular weight is 301 g/mol. The van der Waals surface area contributed by atoms with Gasteiger partial charge < -0.3 is 19.5 Å². The lowest BCUT2D eigenvalue weighted by Crippen LogP contribution is -2.33. The molecule has 0 rings (SSSR count). The number of hydrogen-bond acceptors (Lipinski definition) is 5. The molecule has 0 heterocycles. The van der Waals surface area contributed by atoms with Crippen molar-refractivity contribution in [3.63, 3.8) is 0 Å². The molecule has 0 fully saturated rings. The zero-order valence-corrected chi connectivity index (χ0v) is 13.2. The van der Waals surface area contributed by atoms with E-state index in [0.717, 1.165) is 6.42 Å². The monoisotopic (exact) mass is 301 g/mol. The molecular formula is C15H27NO5. The minimum absolute atomic E-state index is 0.260. The second kappa shape index (κ2) is 12.3. The SMILES string of the molecule is C=CCOC(C)C(=O)OCC(=O)NCCOCCC(C)C. The second-order valence-electron chi connectivity index (χ2n) is 5.02.